The molecule has 1 N–H and O–H groups in total. The third-order valence-corrected chi connectivity index (χ3v) is 4.56. The Morgan fingerprint density at radius 3 is 2.75 bits per heavy atom. The van der Waals surface area contributed by atoms with Crippen molar-refractivity contribution in [1.82, 2.24) is 14.9 Å². The molecule has 2 aromatic rings. The van der Waals surface area contributed by atoms with Crippen LogP contribution in [0.25, 0.3) is 0 Å². The van der Waals surface area contributed by atoms with Crippen LogP contribution in [0.1, 0.15) is 35.0 Å². The topological polar surface area (TPSA) is 82.7 Å². The Kier molecular flexibility index (Phi) is 3.93. The van der Waals surface area contributed by atoms with E-state index in [1.165, 1.54) is 6.39 Å². The number of amides is 1. The highest BCUT2D eigenvalue weighted by molar-refractivity contribution is 5.93. The van der Waals surface area contributed by atoms with E-state index >= 15 is 0 Å². The van der Waals surface area contributed by atoms with Crippen LogP contribution >= 0.6 is 0 Å². The number of aliphatic hydroxyl groups excluding tert-OH is 1. The molecule has 0 radical (unpaired) electrons. The molecule has 7 nitrogen and oxygen atoms in total. The van der Waals surface area contributed by atoms with Gasteiger partial charge in [0.15, 0.2) is 12.1 Å². The lowest BCUT2D eigenvalue weighted by Crippen LogP contribution is -2.38. The van der Waals surface area contributed by atoms with E-state index in [2.05, 4.69) is 14.9 Å². The summed E-state index contributed by atoms with van der Waals surface area (Å²) in [5.74, 6) is 0.877. The summed E-state index contributed by atoms with van der Waals surface area (Å²) in [4.78, 5) is 24.7. The average molecular weight is 328 g/mol. The van der Waals surface area contributed by atoms with Gasteiger partial charge in [-0.15, -0.1) is 0 Å². The summed E-state index contributed by atoms with van der Waals surface area (Å²) in [5, 5.41) is 10.3. The number of aromatic nitrogens is 2. The number of pyridine rings is 1. The monoisotopic (exact) mass is 328 g/mol. The first-order valence-corrected chi connectivity index (χ1v) is 8.28. The van der Waals surface area contributed by atoms with E-state index < -0.39 is 6.10 Å². The van der Waals surface area contributed by atoms with Crippen molar-refractivity contribution >= 4 is 11.6 Å². The van der Waals surface area contributed by atoms with E-state index in [0.717, 1.165) is 18.5 Å². The van der Waals surface area contributed by atoms with Gasteiger partial charge >= 0.3 is 0 Å². The minimum atomic E-state index is -0.610. The van der Waals surface area contributed by atoms with Gasteiger partial charge in [-0.05, 0) is 25.0 Å². The molecule has 1 amide bonds. The van der Waals surface area contributed by atoms with E-state index in [1.807, 2.05) is 12.1 Å². The Labute approximate surface area is 139 Å². The maximum Gasteiger partial charge on any atom is 0.276 e. The highest BCUT2D eigenvalue weighted by atomic mass is 16.3. The van der Waals surface area contributed by atoms with Crippen molar-refractivity contribution in [2.24, 2.45) is 0 Å². The van der Waals surface area contributed by atoms with Crippen LogP contribution in [0.3, 0.4) is 0 Å². The van der Waals surface area contributed by atoms with E-state index in [-0.39, 0.29) is 5.91 Å². The molecule has 1 saturated carbocycles. The summed E-state index contributed by atoms with van der Waals surface area (Å²) < 4.78 is 5.41. The largest absolute Gasteiger partial charge is 0.447 e. The number of nitrogens with zero attached hydrogens (tertiary/aromatic N) is 4. The fourth-order valence-corrected chi connectivity index (χ4v) is 3.17. The van der Waals surface area contributed by atoms with Gasteiger partial charge in [-0.25, -0.2) is 4.98 Å². The van der Waals surface area contributed by atoms with Crippen molar-refractivity contribution < 1.29 is 14.3 Å². The first-order valence-electron chi connectivity index (χ1n) is 8.28. The Hall–Kier alpha value is -2.41. The lowest BCUT2D eigenvalue weighted by atomic mass is 10.2. The Morgan fingerprint density at radius 2 is 2.00 bits per heavy atom. The normalized spacial score (nSPS) is 21.6. The maximum atomic E-state index is 12.8. The summed E-state index contributed by atoms with van der Waals surface area (Å²) in [5.41, 5.74) is 1.40. The van der Waals surface area contributed by atoms with Crippen LogP contribution in [0.2, 0.25) is 0 Å². The van der Waals surface area contributed by atoms with Gasteiger partial charge in [0.1, 0.15) is 5.76 Å². The number of rotatable bonds is 3. The molecule has 2 aromatic heterocycles. The zero-order valence-corrected chi connectivity index (χ0v) is 13.3. The van der Waals surface area contributed by atoms with E-state index in [1.54, 1.807) is 17.3 Å². The first-order chi connectivity index (χ1) is 11.7. The maximum absolute atomic E-state index is 12.8. The van der Waals surface area contributed by atoms with Crippen LogP contribution in [0, 0.1) is 0 Å². The number of aliphatic hydroxyl groups is 1. The molecule has 1 atom stereocenters. The average Bonchev–Trinajstić information content (AvgIpc) is 3.37. The van der Waals surface area contributed by atoms with E-state index in [4.69, 9.17) is 4.42 Å². The van der Waals surface area contributed by atoms with Crippen molar-refractivity contribution in [1.29, 1.82) is 0 Å². The fourth-order valence-electron chi connectivity index (χ4n) is 3.17. The second-order valence-corrected chi connectivity index (χ2v) is 6.40. The van der Waals surface area contributed by atoms with E-state index in [9.17, 15) is 9.90 Å². The second-order valence-electron chi connectivity index (χ2n) is 6.40. The lowest BCUT2D eigenvalue weighted by Gasteiger charge is -2.23. The van der Waals surface area contributed by atoms with Gasteiger partial charge in [0, 0.05) is 50.2 Å². The highest BCUT2D eigenvalue weighted by Gasteiger charge is 2.35. The molecule has 2 fully saturated rings. The fraction of sp³-hybridized carbons (Fsp3) is 0.471. The van der Waals surface area contributed by atoms with Gasteiger partial charge < -0.3 is 19.3 Å². The van der Waals surface area contributed by atoms with Crippen LogP contribution in [0.4, 0.5) is 5.69 Å². The number of hydrogen-bond acceptors (Lipinski definition) is 6. The molecule has 0 aromatic carbocycles. The van der Waals surface area contributed by atoms with Crippen LogP contribution in [-0.2, 0) is 0 Å². The molecule has 24 heavy (non-hydrogen) atoms. The zero-order chi connectivity index (χ0) is 16.5. The standard InChI is InChI=1S/C17H20N4O3/c22-14-9-20(13-3-5-18-6-4-13)7-8-21(10-14)17(23)15-16(12-1-2-12)24-11-19-15/h3-6,11-12,14,22H,1-2,7-10H2. The molecular formula is C17H20N4O3. The van der Waals surface area contributed by atoms with E-state index in [0.29, 0.717) is 43.6 Å². The summed E-state index contributed by atoms with van der Waals surface area (Å²) >= 11 is 0. The minimum Gasteiger partial charge on any atom is -0.447 e. The molecule has 1 unspecified atom stereocenters. The van der Waals surface area contributed by atoms with Gasteiger partial charge in [-0.2, -0.15) is 0 Å². The molecule has 0 spiro atoms. The van der Waals surface area contributed by atoms with Crippen LogP contribution in [0.5, 0.6) is 0 Å². The van der Waals surface area contributed by atoms with Crippen LogP contribution < -0.4 is 4.90 Å². The number of anilines is 1. The molecule has 1 aliphatic carbocycles. The number of β-amino-alcohol motifs (C(OH)–C–C–N with tert-alkyl or cyclic N) is 1. The first kappa shape index (κ1) is 15.1. The molecule has 2 aliphatic rings. The molecule has 1 aliphatic heterocycles. The van der Waals surface area contributed by atoms with Crippen LogP contribution in [0.15, 0.2) is 35.3 Å². The van der Waals surface area contributed by atoms with Crippen LogP contribution in [-0.4, -0.2) is 58.2 Å². The number of carbonyl (C=O) groups excluding carboxylic acids is 1. The second kappa shape index (κ2) is 6.24. The van der Waals surface area contributed by atoms with Crippen molar-refractivity contribution in [3.63, 3.8) is 0 Å². The third kappa shape index (κ3) is 2.99. The summed E-state index contributed by atoms with van der Waals surface area (Å²) in [7, 11) is 0. The Balaban J connectivity index is 1.50. The summed E-state index contributed by atoms with van der Waals surface area (Å²) in [6.45, 7) is 1.98. The van der Waals surface area contributed by atoms with Crippen molar-refractivity contribution in [2.75, 3.05) is 31.1 Å². The van der Waals surface area contributed by atoms with Crippen molar-refractivity contribution in [3.05, 3.63) is 42.4 Å². The number of oxazole rings is 1. The molecule has 1 saturated heterocycles. The smallest absolute Gasteiger partial charge is 0.276 e. The molecule has 4 rings (SSSR count). The van der Waals surface area contributed by atoms with Crippen molar-refractivity contribution in [3.8, 4) is 0 Å². The Morgan fingerprint density at radius 1 is 1.21 bits per heavy atom. The molecular weight excluding hydrogens is 308 g/mol. The highest BCUT2D eigenvalue weighted by Crippen LogP contribution is 2.41. The summed E-state index contributed by atoms with van der Waals surface area (Å²) in [6.07, 6.45) is 6.29. The van der Waals surface area contributed by atoms with Gasteiger partial charge in [0.2, 0.25) is 0 Å². The minimum absolute atomic E-state index is 0.152. The van der Waals surface area contributed by atoms with Gasteiger partial charge in [-0.1, -0.05) is 0 Å². The predicted octanol–water partition coefficient (Wildman–Crippen LogP) is 1.27. The number of hydrogen-bond donors (Lipinski definition) is 1. The SMILES string of the molecule is O=C(c1ncoc1C1CC1)N1CCN(c2ccncc2)CC(O)C1. The third-order valence-electron chi connectivity index (χ3n) is 4.56. The van der Waals surface area contributed by atoms with Gasteiger partial charge in [0.05, 0.1) is 6.10 Å². The number of carbonyl (C=O) groups is 1. The molecule has 0 bridgehead atoms. The predicted molar refractivity (Wildman–Crippen MR) is 86.8 cm³/mol. The zero-order valence-electron chi connectivity index (χ0n) is 13.3. The van der Waals surface area contributed by atoms with Crippen molar-refractivity contribution in [2.45, 2.75) is 24.9 Å². The molecule has 126 valence electrons. The lowest BCUT2D eigenvalue weighted by molar-refractivity contribution is 0.0666. The summed E-state index contributed by atoms with van der Waals surface area (Å²) in [6, 6.07) is 3.82. The molecule has 3 heterocycles. The quantitative estimate of drug-likeness (QED) is 0.914. The van der Waals surface area contributed by atoms with Gasteiger partial charge in [-0.3, -0.25) is 9.78 Å². The molecule has 7 heteroatoms. The Bertz CT molecular complexity index is 714. The van der Waals surface area contributed by atoms with Gasteiger partial charge in [0.25, 0.3) is 5.91 Å².